The summed E-state index contributed by atoms with van der Waals surface area (Å²) in [6.07, 6.45) is 7.93. The third kappa shape index (κ3) is 5.51. The van der Waals surface area contributed by atoms with E-state index in [1.54, 1.807) is 0 Å². The minimum absolute atomic E-state index is 0.0938. The molecule has 0 radical (unpaired) electrons. The van der Waals surface area contributed by atoms with Gasteiger partial charge in [-0.2, -0.15) is 5.21 Å². The lowest BCUT2D eigenvalue weighted by atomic mass is 9.82. The molecule has 0 bridgehead atoms. The van der Waals surface area contributed by atoms with E-state index in [0.29, 0.717) is 29.4 Å². The van der Waals surface area contributed by atoms with Gasteiger partial charge in [0.1, 0.15) is 0 Å². The molecule has 2 heterocycles. The molecule has 10 heteroatoms. The molecule has 1 saturated heterocycles. The number of aromatic nitrogens is 4. The Hall–Kier alpha value is -2.66. The molecule has 9 nitrogen and oxygen atoms in total. The van der Waals surface area contributed by atoms with Gasteiger partial charge < -0.3 is 11.1 Å². The molecule has 0 unspecified atom stereocenters. The largest absolute Gasteiger partial charge is 0.328 e. The Morgan fingerprint density at radius 3 is 2.31 bits per heavy atom. The van der Waals surface area contributed by atoms with E-state index in [2.05, 4.69) is 38.1 Å². The van der Waals surface area contributed by atoms with Gasteiger partial charge in [-0.15, -0.1) is 10.2 Å². The fourth-order valence-corrected chi connectivity index (χ4v) is 6.83. The van der Waals surface area contributed by atoms with Crippen molar-refractivity contribution in [1.82, 2.24) is 25.9 Å². The molecule has 36 heavy (non-hydrogen) atoms. The molecule has 5 rings (SSSR count). The summed E-state index contributed by atoms with van der Waals surface area (Å²) in [6, 6.07) is 12.5. The lowest BCUT2D eigenvalue weighted by Crippen LogP contribution is -2.26. The van der Waals surface area contributed by atoms with E-state index in [-0.39, 0.29) is 16.8 Å². The molecule has 1 aliphatic carbocycles. The van der Waals surface area contributed by atoms with E-state index < -0.39 is 10.0 Å². The van der Waals surface area contributed by atoms with Gasteiger partial charge in [-0.25, -0.2) is 13.6 Å². The molecule has 0 amide bonds. The van der Waals surface area contributed by atoms with Crippen molar-refractivity contribution in [1.29, 1.82) is 0 Å². The summed E-state index contributed by atoms with van der Waals surface area (Å²) >= 11 is 0. The van der Waals surface area contributed by atoms with Crippen LogP contribution in [0.2, 0.25) is 0 Å². The molecule has 192 valence electrons. The SMILES string of the molecule is NS(=O)(=O)c1c(CC[C@H]2CC[C@H](N)CC2)ccc(-c2ccc(C3CCNCC3)cc2)c1-c1nn[nH]n1. The van der Waals surface area contributed by atoms with Crippen molar-refractivity contribution in [2.24, 2.45) is 16.8 Å². The van der Waals surface area contributed by atoms with E-state index in [1.807, 2.05) is 24.3 Å². The van der Waals surface area contributed by atoms with Crippen molar-refractivity contribution in [3.05, 3.63) is 47.5 Å². The van der Waals surface area contributed by atoms with Gasteiger partial charge in [0.15, 0.2) is 0 Å². The third-order valence-electron chi connectivity index (χ3n) is 7.84. The van der Waals surface area contributed by atoms with Crippen LogP contribution in [0.3, 0.4) is 0 Å². The molecule has 1 aromatic heterocycles. The average Bonchev–Trinajstić information content (AvgIpc) is 3.43. The van der Waals surface area contributed by atoms with Crippen LogP contribution in [0.4, 0.5) is 0 Å². The maximum atomic E-state index is 13.0. The number of hydrogen-bond donors (Lipinski definition) is 4. The van der Waals surface area contributed by atoms with Crippen LogP contribution in [0.25, 0.3) is 22.5 Å². The van der Waals surface area contributed by atoms with Crippen LogP contribution in [0.5, 0.6) is 0 Å². The summed E-state index contributed by atoms with van der Waals surface area (Å²) in [5.41, 5.74) is 10.1. The molecule has 1 aliphatic heterocycles. The number of nitrogens with zero attached hydrogens (tertiary/aromatic N) is 3. The van der Waals surface area contributed by atoms with Gasteiger partial charge in [-0.3, -0.25) is 0 Å². The number of nitrogens with two attached hydrogens (primary N) is 2. The number of nitrogens with one attached hydrogen (secondary N) is 2. The Kier molecular flexibility index (Phi) is 7.47. The lowest BCUT2D eigenvalue weighted by molar-refractivity contribution is 0.310. The van der Waals surface area contributed by atoms with Gasteiger partial charge in [-0.05, 0) is 104 Å². The smallest absolute Gasteiger partial charge is 0.239 e. The summed E-state index contributed by atoms with van der Waals surface area (Å²) in [4.78, 5) is 0.0938. The zero-order valence-electron chi connectivity index (χ0n) is 20.5. The fourth-order valence-electron chi connectivity index (χ4n) is 5.80. The van der Waals surface area contributed by atoms with E-state index in [0.717, 1.165) is 69.2 Å². The monoisotopic (exact) mass is 509 g/mol. The zero-order valence-corrected chi connectivity index (χ0v) is 21.3. The van der Waals surface area contributed by atoms with Crippen LogP contribution >= 0.6 is 0 Å². The van der Waals surface area contributed by atoms with Crippen LogP contribution in [0.1, 0.15) is 62.0 Å². The highest BCUT2D eigenvalue weighted by Gasteiger charge is 2.27. The van der Waals surface area contributed by atoms with Gasteiger partial charge >= 0.3 is 0 Å². The minimum Gasteiger partial charge on any atom is -0.328 e. The first kappa shape index (κ1) is 25.0. The normalized spacial score (nSPS) is 21.5. The first-order valence-electron chi connectivity index (χ1n) is 12.9. The highest BCUT2D eigenvalue weighted by molar-refractivity contribution is 7.89. The number of H-pyrrole nitrogens is 1. The van der Waals surface area contributed by atoms with Crippen LogP contribution in [0, 0.1) is 5.92 Å². The quantitative estimate of drug-likeness (QED) is 0.382. The molecular formula is C26H35N7O2S. The summed E-state index contributed by atoms with van der Waals surface area (Å²) in [6.45, 7) is 2.06. The first-order valence-corrected chi connectivity index (χ1v) is 14.4. The Morgan fingerprint density at radius 2 is 1.67 bits per heavy atom. The highest BCUT2D eigenvalue weighted by atomic mass is 32.2. The van der Waals surface area contributed by atoms with Crippen molar-refractivity contribution in [3.63, 3.8) is 0 Å². The van der Waals surface area contributed by atoms with Crippen LogP contribution < -0.4 is 16.2 Å². The van der Waals surface area contributed by atoms with E-state index in [1.165, 1.54) is 5.56 Å². The van der Waals surface area contributed by atoms with Crippen molar-refractivity contribution < 1.29 is 8.42 Å². The Balaban J connectivity index is 1.52. The maximum absolute atomic E-state index is 13.0. The molecular weight excluding hydrogens is 474 g/mol. The van der Waals surface area contributed by atoms with Crippen LogP contribution in [0.15, 0.2) is 41.3 Å². The Bertz CT molecular complexity index is 1260. The number of aromatic amines is 1. The van der Waals surface area contributed by atoms with E-state index >= 15 is 0 Å². The number of sulfonamides is 1. The second-order valence-corrected chi connectivity index (χ2v) is 11.7. The summed E-state index contributed by atoms with van der Waals surface area (Å²) in [5, 5.41) is 23.7. The number of piperidine rings is 1. The number of primary sulfonamides is 1. The minimum atomic E-state index is -4.06. The van der Waals surface area contributed by atoms with Gasteiger partial charge in [0.25, 0.3) is 0 Å². The molecule has 1 saturated carbocycles. The van der Waals surface area contributed by atoms with E-state index in [4.69, 9.17) is 10.9 Å². The van der Waals surface area contributed by atoms with Crippen molar-refractivity contribution >= 4 is 10.0 Å². The van der Waals surface area contributed by atoms with Crippen LogP contribution in [-0.4, -0.2) is 48.2 Å². The molecule has 3 aromatic rings. The van der Waals surface area contributed by atoms with Crippen LogP contribution in [-0.2, 0) is 16.4 Å². The van der Waals surface area contributed by atoms with Gasteiger partial charge in [-0.1, -0.05) is 36.4 Å². The predicted octanol–water partition coefficient (Wildman–Crippen LogP) is 3.10. The number of benzene rings is 2. The number of hydrogen-bond acceptors (Lipinski definition) is 7. The van der Waals surface area contributed by atoms with Crippen molar-refractivity contribution in [2.75, 3.05) is 13.1 Å². The topological polar surface area (TPSA) is 153 Å². The molecule has 2 aliphatic rings. The van der Waals surface area contributed by atoms with Gasteiger partial charge in [0.2, 0.25) is 15.8 Å². The van der Waals surface area contributed by atoms with Gasteiger partial charge in [0, 0.05) is 6.04 Å². The van der Waals surface area contributed by atoms with E-state index in [9.17, 15) is 8.42 Å². The molecule has 6 N–H and O–H groups in total. The van der Waals surface area contributed by atoms with Crippen molar-refractivity contribution in [2.45, 2.75) is 68.2 Å². The second kappa shape index (κ2) is 10.8. The standard InChI is InChI=1S/C26H35N7O2S/c27-22-10-2-17(3-11-22)1-4-21-9-12-23(24(25(21)36(28,34)35)26-30-32-33-31-26)20-7-5-18(6-8-20)19-13-15-29-16-14-19/h5-9,12,17,19,22,29H,1-4,10-11,13-16,27H2,(H2,28,34,35)(H,30,31,32,33)/t17-,22-. The average molecular weight is 510 g/mol. The highest BCUT2D eigenvalue weighted by Crippen LogP contribution is 2.39. The first-order chi connectivity index (χ1) is 17.4. The summed E-state index contributed by atoms with van der Waals surface area (Å²) in [7, 11) is -4.06. The summed E-state index contributed by atoms with van der Waals surface area (Å²) in [5.74, 6) is 1.30. The third-order valence-corrected chi connectivity index (χ3v) is 8.87. The maximum Gasteiger partial charge on any atom is 0.239 e. The number of tetrazole rings is 1. The number of aryl methyl sites for hydroxylation is 1. The molecule has 2 fully saturated rings. The van der Waals surface area contributed by atoms with Gasteiger partial charge in [0.05, 0.1) is 10.5 Å². The number of rotatable bonds is 7. The zero-order chi connectivity index (χ0) is 25.1. The predicted molar refractivity (Wildman–Crippen MR) is 140 cm³/mol. The summed E-state index contributed by atoms with van der Waals surface area (Å²) < 4.78 is 26.0. The Morgan fingerprint density at radius 1 is 0.944 bits per heavy atom. The lowest BCUT2D eigenvalue weighted by Gasteiger charge is -2.26. The van der Waals surface area contributed by atoms with Crippen molar-refractivity contribution in [3.8, 4) is 22.5 Å². The second-order valence-electron chi connectivity index (χ2n) is 10.2. The molecule has 0 atom stereocenters. The fraction of sp³-hybridized carbons (Fsp3) is 0.500. The Labute approximate surface area is 212 Å². The molecule has 2 aromatic carbocycles. The molecule has 0 spiro atoms.